The van der Waals surface area contributed by atoms with Gasteiger partial charge < -0.3 is 4.90 Å². The lowest BCUT2D eigenvalue weighted by Gasteiger charge is -2.30. The lowest BCUT2D eigenvalue weighted by molar-refractivity contribution is -0.132. The molecule has 1 aromatic rings. The Morgan fingerprint density at radius 3 is 2.52 bits per heavy atom. The molecule has 1 fully saturated rings. The van der Waals surface area contributed by atoms with Crippen LogP contribution >= 0.6 is 11.6 Å². The Morgan fingerprint density at radius 1 is 1.29 bits per heavy atom. The highest BCUT2D eigenvalue weighted by Crippen LogP contribution is 2.30. The molecule has 1 N–H and O–H groups in total. The summed E-state index contributed by atoms with van der Waals surface area (Å²) in [5, 5.41) is 4.23. The first kappa shape index (κ1) is 16.3. The highest BCUT2D eigenvalue weighted by Gasteiger charge is 2.40. The standard InChI is InChI=1S/C17H25ClN2O/c1-4-6-7-15-17(21)20(12(3)5-2)16(19-15)13-8-10-14(18)11-9-13/h8-12,15-16,19H,4-7H2,1-3H3. The molecule has 0 aliphatic carbocycles. The Hall–Kier alpha value is -1.06. The van der Waals surface area contributed by atoms with Gasteiger partial charge in [-0.3, -0.25) is 10.1 Å². The number of unbranched alkanes of at least 4 members (excludes halogenated alkanes) is 1. The van der Waals surface area contributed by atoms with Crippen LogP contribution in [0.15, 0.2) is 24.3 Å². The van der Waals surface area contributed by atoms with Crippen molar-refractivity contribution in [2.75, 3.05) is 0 Å². The summed E-state index contributed by atoms with van der Waals surface area (Å²) in [6.07, 6.45) is 4.02. The van der Waals surface area contributed by atoms with Gasteiger partial charge >= 0.3 is 0 Å². The van der Waals surface area contributed by atoms with Gasteiger partial charge in [0.25, 0.3) is 0 Å². The molecule has 0 radical (unpaired) electrons. The summed E-state index contributed by atoms with van der Waals surface area (Å²) in [6, 6.07) is 7.96. The molecule has 1 heterocycles. The fourth-order valence-electron chi connectivity index (χ4n) is 2.83. The normalized spacial score (nSPS) is 23.6. The van der Waals surface area contributed by atoms with Crippen LogP contribution < -0.4 is 5.32 Å². The number of carbonyl (C=O) groups excluding carboxylic acids is 1. The molecule has 3 atom stereocenters. The third kappa shape index (κ3) is 3.58. The average molecular weight is 309 g/mol. The zero-order valence-electron chi connectivity index (χ0n) is 13.1. The molecule has 0 spiro atoms. The molecule has 2 rings (SSSR count). The van der Waals surface area contributed by atoms with Crippen LogP contribution in [-0.2, 0) is 4.79 Å². The Balaban J connectivity index is 2.24. The monoisotopic (exact) mass is 308 g/mol. The first-order chi connectivity index (χ1) is 10.1. The van der Waals surface area contributed by atoms with Gasteiger partial charge in [-0.25, -0.2) is 0 Å². The molecule has 0 bridgehead atoms. The van der Waals surface area contributed by atoms with Gasteiger partial charge in [0.15, 0.2) is 0 Å². The summed E-state index contributed by atoms with van der Waals surface area (Å²) in [5.74, 6) is 0.234. The van der Waals surface area contributed by atoms with Crippen LogP contribution in [0.5, 0.6) is 0 Å². The molecule has 4 heteroatoms. The van der Waals surface area contributed by atoms with Gasteiger partial charge in [-0.1, -0.05) is 50.4 Å². The van der Waals surface area contributed by atoms with E-state index in [9.17, 15) is 4.79 Å². The third-order valence-electron chi connectivity index (χ3n) is 4.29. The van der Waals surface area contributed by atoms with E-state index in [4.69, 9.17) is 11.6 Å². The molecule has 3 unspecified atom stereocenters. The van der Waals surface area contributed by atoms with Crippen molar-refractivity contribution in [3.63, 3.8) is 0 Å². The molecule has 0 aromatic heterocycles. The summed E-state index contributed by atoms with van der Waals surface area (Å²) in [4.78, 5) is 14.7. The van der Waals surface area contributed by atoms with Gasteiger partial charge in [0.1, 0.15) is 6.17 Å². The van der Waals surface area contributed by atoms with Crippen LogP contribution in [0.25, 0.3) is 0 Å². The molecule has 21 heavy (non-hydrogen) atoms. The van der Waals surface area contributed by atoms with Gasteiger partial charge in [-0.2, -0.15) is 0 Å². The molecular weight excluding hydrogens is 284 g/mol. The Labute approximate surface area is 132 Å². The van der Waals surface area contributed by atoms with Crippen LogP contribution in [0.3, 0.4) is 0 Å². The number of hydrogen-bond donors (Lipinski definition) is 1. The third-order valence-corrected chi connectivity index (χ3v) is 4.54. The Morgan fingerprint density at radius 2 is 1.95 bits per heavy atom. The van der Waals surface area contributed by atoms with E-state index in [1.807, 2.05) is 29.2 Å². The number of carbonyl (C=O) groups is 1. The SMILES string of the molecule is CCCCC1NC(c2ccc(Cl)cc2)N(C(C)CC)C1=O. The van der Waals surface area contributed by atoms with E-state index in [0.717, 1.165) is 36.3 Å². The second-order valence-corrected chi connectivity index (χ2v) is 6.25. The maximum absolute atomic E-state index is 12.7. The number of amides is 1. The van der Waals surface area contributed by atoms with Crippen LogP contribution in [0, 0.1) is 0 Å². The Bertz CT molecular complexity index is 474. The first-order valence-corrected chi connectivity index (χ1v) is 8.30. The van der Waals surface area contributed by atoms with Gasteiger partial charge in [0, 0.05) is 11.1 Å². The second kappa shape index (κ2) is 7.28. The van der Waals surface area contributed by atoms with E-state index in [1.165, 1.54) is 0 Å². The fourth-order valence-corrected chi connectivity index (χ4v) is 2.96. The van der Waals surface area contributed by atoms with Crippen molar-refractivity contribution in [2.24, 2.45) is 0 Å². The molecule has 1 aliphatic heterocycles. The van der Waals surface area contributed by atoms with E-state index in [2.05, 4.69) is 26.1 Å². The minimum absolute atomic E-state index is 0.0356. The highest BCUT2D eigenvalue weighted by molar-refractivity contribution is 6.30. The first-order valence-electron chi connectivity index (χ1n) is 7.92. The van der Waals surface area contributed by atoms with Crippen LogP contribution in [0.4, 0.5) is 0 Å². The van der Waals surface area contributed by atoms with Gasteiger partial charge in [0.05, 0.1) is 6.04 Å². The van der Waals surface area contributed by atoms with Crippen molar-refractivity contribution >= 4 is 17.5 Å². The van der Waals surface area contributed by atoms with E-state index < -0.39 is 0 Å². The number of rotatable bonds is 6. The fraction of sp³-hybridized carbons (Fsp3) is 0.588. The topological polar surface area (TPSA) is 32.3 Å². The zero-order valence-corrected chi connectivity index (χ0v) is 13.9. The molecule has 1 aromatic carbocycles. The molecule has 3 nitrogen and oxygen atoms in total. The number of halogens is 1. The number of nitrogens with one attached hydrogen (secondary N) is 1. The lowest BCUT2D eigenvalue weighted by atomic mass is 10.1. The molecule has 1 saturated heterocycles. The number of benzene rings is 1. The van der Waals surface area contributed by atoms with E-state index >= 15 is 0 Å². The highest BCUT2D eigenvalue weighted by atomic mass is 35.5. The number of nitrogens with zero attached hydrogens (tertiary/aromatic N) is 1. The van der Waals surface area contributed by atoms with Crippen molar-refractivity contribution in [3.05, 3.63) is 34.9 Å². The maximum Gasteiger partial charge on any atom is 0.241 e. The van der Waals surface area contributed by atoms with E-state index in [0.29, 0.717) is 0 Å². The number of hydrogen-bond acceptors (Lipinski definition) is 2. The predicted molar refractivity (Wildman–Crippen MR) is 87.2 cm³/mol. The van der Waals surface area contributed by atoms with Crippen LogP contribution in [-0.4, -0.2) is 22.9 Å². The smallest absolute Gasteiger partial charge is 0.241 e. The molecule has 1 amide bonds. The van der Waals surface area contributed by atoms with Crippen molar-refractivity contribution in [1.29, 1.82) is 0 Å². The van der Waals surface area contributed by atoms with Crippen molar-refractivity contribution in [3.8, 4) is 0 Å². The molecular formula is C17H25ClN2O. The van der Waals surface area contributed by atoms with Crippen LogP contribution in [0.1, 0.15) is 58.2 Å². The maximum atomic E-state index is 12.7. The quantitative estimate of drug-likeness (QED) is 0.857. The predicted octanol–water partition coefficient (Wildman–Crippen LogP) is 4.13. The van der Waals surface area contributed by atoms with Crippen molar-refractivity contribution in [1.82, 2.24) is 10.2 Å². The average Bonchev–Trinajstić information content (AvgIpc) is 2.82. The van der Waals surface area contributed by atoms with Crippen LogP contribution in [0.2, 0.25) is 5.02 Å². The minimum atomic E-state index is -0.0559. The van der Waals surface area contributed by atoms with E-state index in [1.54, 1.807) is 0 Å². The van der Waals surface area contributed by atoms with Gasteiger partial charge in [0.2, 0.25) is 5.91 Å². The van der Waals surface area contributed by atoms with Crippen molar-refractivity contribution < 1.29 is 4.79 Å². The summed E-state index contributed by atoms with van der Waals surface area (Å²) in [5.41, 5.74) is 1.10. The minimum Gasteiger partial charge on any atom is -0.319 e. The molecule has 1 aliphatic rings. The summed E-state index contributed by atoms with van der Waals surface area (Å²) in [7, 11) is 0. The summed E-state index contributed by atoms with van der Waals surface area (Å²) >= 11 is 5.97. The molecule has 0 saturated carbocycles. The Kier molecular flexibility index (Phi) is 5.65. The van der Waals surface area contributed by atoms with Gasteiger partial charge in [-0.15, -0.1) is 0 Å². The zero-order chi connectivity index (χ0) is 15.4. The summed E-state index contributed by atoms with van der Waals surface area (Å²) in [6.45, 7) is 6.39. The lowest BCUT2D eigenvalue weighted by Crippen LogP contribution is -2.38. The summed E-state index contributed by atoms with van der Waals surface area (Å²) < 4.78 is 0. The largest absolute Gasteiger partial charge is 0.319 e. The molecule has 116 valence electrons. The van der Waals surface area contributed by atoms with Gasteiger partial charge in [-0.05, 0) is 37.5 Å². The second-order valence-electron chi connectivity index (χ2n) is 5.82. The van der Waals surface area contributed by atoms with Crippen molar-refractivity contribution in [2.45, 2.75) is 64.7 Å². The van der Waals surface area contributed by atoms with E-state index in [-0.39, 0.29) is 24.2 Å².